The standard InChI is InChI=1S/C22H31N3O4.CH2O2/c1-3-4-9-28-13-20(26)25-12-18-17(19-5-7-22(18,14-25)29-19)11-24-21(27)16-10-23-8-6-15(16)2;2-1-3/h6,8,10,17-19H,3-5,7,9,11-14H2,1-2H3,(H,24,27);1H,(H,2,3)/t17-,18+,19+,22+;/m0./s1. The van der Waals surface area contributed by atoms with Crippen molar-refractivity contribution in [1.82, 2.24) is 15.2 Å². The van der Waals surface area contributed by atoms with E-state index in [1.807, 2.05) is 17.9 Å². The molecule has 1 spiro atoms. The lowest BCUT2D eigenvalue weighted by molar-refractivity contribution is -0.136. The molecular formula is C23H33N3O6. The van der Waals surface area contributed by atoms with Gasteiger partial charge in [0.15, 0.2) is 0 Å². The van der Waals surface area contributed by atoms with Crippen molar-refractivity contribution in [2.24, 2.45) is 11.8 Å². The summed E-state index contributed by atoms with van der Waals surface area (Å²) in [6, 6.07) is 1.84. The molecule has 0 aliphatic carbocycles. The number of carbonyl (C=O) groups is 3. The fraction of sp³-hybridized carbons (Fsp3) is 0.652. The van der Waals surface area contributed by atoms with E-state index in [-0.39, 0.29) is 48.4 Å². The predicted octanol–water partition coefficient (Wildman–Crippen LogP) is 1.64. The molecule has 0 unspecified atom stereocenters. The number of fused-ring (bicyclic) bond motifs is 1. The van der Waals surface area contributed by atoms with Crippen molar-refractivity contribution in [3.8, 4) is 0 Å². The average Bonchev–Trinajstić information content (AvgIpc) is 3.44. The Kier molecular flexibility index (Phi) is 8.20. The van der Waals surface area contributed by atoms with Gasteiger partial charge < -0.3 is 24.8 Å². The molecule has 3 aliphatic rings. The largest absolute Gasteiger partial charge is 0.483 e. The van der Waals surface area contributed by atoms with Crippen LogP contribution < -0.4 is 5.32 Å². The van der Waals surface area contributed by atoms with Crippen molar-refractivity contribution in [3.05, 3.63) is 29.6 Å². The van der Waals surface area contributed by atoms with Crippen LogP contribution in [0.1, 0.15) is 48.5 Å². The molecule has 3 aliphatic heterocycles. The third-order valence-corrected chi connectivity index (χ3v) is 6.79. The molecule has 1 aromatic rings. The molecular weight excluding hydrogens is 414 g/mol. The van der Waals surface area contributed by atoms with Crippen LogP contribution in [0.5, 0.6) is 0 Å². The first kappa shape index (κ1) is 24.1. The fourth-order valence-electron chi connectivity index (χ4n) is 5.16. The van der Waals surface area contributed by atoms with E-state index in [2.05, 4.69) is 17.2 Å². The Hall–Kier alpha value is -2.52. The third-order valence-electron chi connectivity index (χ3n) is 6.79. The molecule has 0 saturated carbocycles. The minimum Gasteiger partial charge on any atom is -0.483 e. The number of nitrogens with one attached hydrogen (secondary N) is 1. The third kappa shape index (κ3) is 5.10. The molecule has 3 fully saturated rings. The van der Waals surface area contributed by atoms with Crippen molar-refractivity contribution in [2.45, 2.75) is 51.2 Å². The van der Waals surface area contributed by atoms with Gasteiger partial charge in [-0.05, 0) is 37.8 Å². The first-order valence-electron chi connectivity index (χ1n) is 11.3. The molecule has 3 saturated heterocycles. The van der Waals surface area contributed by atoms with Gasteiger partial charge in [-0.15, -0.1) is 0 Å². The number of unbranched alkanes of at least 4 members (excludes halogenated alkanes) is 1. The van der Waals surface area contributed by atoms with Crippen LogP contribution in [0, 0.1) is 18.8 Å². The second-order valence-corrected chi connectivity index (χ2v) is 8.72. The Labute approximate surface area is 188 Å². The summed E-state index contributed by atoms with van der Waals surface area (Å²) in [6.45, 7) is 6.46. The van der Waals surface area contributed by atoms with Crippen LogP contribution >= 0.6 is 0 Å². The number of carbonyl (C=O) groups excluding carboxylic acids is 2. The van der Waals surface area contributed by atoms with Crippen molar-refractivity contribution < 1.29 is 29.0 Å². The van der Waals surface area contributed by atoms with E-state index in [0.717, 1.165) is 31.2 Å². The smallest absolute Gasteiger partial charge is 0.290 e. The lowest BCUT2D eigenvalue weighted by atomic mass is 9.73. The first-order valence-corrected chi connectivity index (χ1v) is 11.3. The minimum atomic E-state index is -0.250. The second-order valence-electron chi connectivity index (χ2n) is 8.72. The molecule has 0 aromatic carbocycles. The number of pyridine rings is 1. The molecule has 32 heavy (non-hydrogen) atoms. The Balaban J connectivity index is 0.000000913. The summed E-state index contributed by atoms with van der Waals surface area (Å²) in [4.78, 5) is 39.5. The second kappa shape index (κ2) is 10.9. The zero-order valence-corrected chi connectivity index (χ0v) is 18.8. The summed E-state index contributed by atoms with van der Waals surface area (Å²) >= 11 is 0. The van der Waals surface area contributed by atoms with Crippen LogP contribution in [0.2, 0.25) is 0 Å². The maximum absolute atomic E-state index is 12.6. The Morgan fingerprint density at radius 2 is 2.25 bits per heavy atom. The number of aromatic nitrogens is 1. The number of likely N-dealkylation sites (tertiary alicyclic amines) is 1. The number of hydrogen-bond acceptors (Lipinski definition) is 6. The van der Waals surface area contributed by atoms with E-state index in [4.69, 9.17) is 19.4 Å². The monoisotopic (exact) mass is 447 g/mol. The van der Waals surface area contributed by atoms with Gasteiger partial charge in [0, 0.05) is 43.9 Å². The summed E-state index contributed by atoms with van der Waals surface area (Å²) in [7, 11) is 0. The lowest BCUT2D eigenvalue weighted by Gasteiger charge is -2.29. The Morgan fingerprint density at radius 1 is 1.47 bits per heavy atom. The highest BCUT2D eigenvalue weighted by atomic mass is 16.5. The van der Waals surface area contributed by atoms with E-state index in [0.29, 0.717) is 31.8 Å². The Morgan fingerprint density at radius 3 is 2.97 bits per heavy atom. The molecule has 4 atom stereocenters. The molecule has 9 heteroatoms. The topological polar surface area (TPSA) is 118 Å². The van der Waals surface area contributed by atoms with Crippen molar-refractivity contribution in [3.63, 3.8) is 0 Å². The van der Waals surface area contributed by atoms with Gasteiger partial charge in [-0.25, -0.2) is 0 Å². The summed E-state index contributed by atoms with van der Waals surface area (Å²) < 4.78 is 11.9. The van der Waals surface area contributed by atoms with E-state index < -0.39 is 0 Å². The van der Waals surface area contributed by atoms with Crippen LogP contribution in [-0.4, -0.2) is 77.8 Å². The zero-order valence-electron chi connectivity index (χ0n) is 18.8. The number of amides is 2. The maximum Gasteiger partial charge on any atom is 0.290 e. The molecule has 9 nitrogen and oxygen atoms in total. The number of carboxylic acid groups (broad SMARTS) is 1. The van der Waals surface area contributed by atoms with Gasteiger partial charge in [0.2, 0.25) is 5.91 Å². The van der Waals surface area contributed by atoms with Crippen LogP contribution in [0.3, 0.4) is 0 Å². The summed E-state index contributed by atoms with van der Waals surface area (Å²) in [5.74, 6) is 0.466. The van der Waals surface area contributed by atoms with Gasteiger partial charge in [-0.3, -0.25) is 19.4 Å². The van der Waals surface area contributed by atoms with E-state index in [1.165, 1.54) is 0 Å². The van der Waals surface area contributed by atoms with E-state index >= 15 is 0 Å². The highest BCUT2D eigenvalue weighted by Crippen LogP contribution is 2.54. The number of hydrogen-bond donors (Lipinski definition) is 2. The molecule has 176 valence electrons. The van der Waals surface area contributed by atoms with Gasteiger partial charge >= 0.3 is 0 Å². The first-order chi connectivity index (χ1) is 15.5. The van der Waals surface area contributed by atoms with Gasteiger partial charge in [0.25, 0.3) is 12.4 Å². The predicted molar refractivity (Wildman–Crippen MR) is 116 cm³/mol. The van der Waals surface area contributed by atoms with Gasteiger partial charge in [-0.1, -0.05) is 13.3 Å². The molecule has 2 bridgehead atoms. The van der Waals surface area contributed by atoms with Gasteiger partial charge in [-0.2, -0.15) is 0 Å². The van der Waals surface area contributed by atoms with Crippen molar-refractivity contribution >= 4 is 18.3 Å². The summed E-state index contributed by atoms with van der Waals surface area (Å²) in [5.41, 5.74) is 1.29. The number of nitrogens with zero attached hydrogens (tertiary/aromatic N) is 2. The summed E-state index contributed by atoms with van der Waals surface area (Å²) in [5, 5.41) is 9.97. The van der Waals surface area contributed by atoms with E-state index in [9.17, 15) is 9.59 Å². The van der Waals surface area contributed by atoms with Crippen LogP contribution in [-0.2, 0) is 19.1 Å². The fourth-order valence-corrected chi connectivity index (χ4v) is 5.16. The molecule has 4 heterocycles. The van der Waals surface area contributed by atoms with Crippen LogP contribution in [0.4, 0.5) is 0 Å². The van der Waals surface area contributed by atoms with Crippen LogP contribution in [0.15, 0.2) is 18.5 Å². The molecule has 2 N–H and O–H groups in total. The zero-order chi connectivity index (χ0) is 23.1. The highest BCUT2D eigenvalue weighted by Gasteiger charge is 2.63. The highest BCUT2D eigenvalue weighted by molar-refractivity contribution is 5.95. The maximum atomic E-state index is 12.6. The SMILES string of the molecule is CCCCOCC(=O)N1C[C@@H]2[C@H](CNC(=O)c3cnccc3C)[C@H]3CC[C@]2(C1)O3.O=CO. The van der Waals surface area contributed by atoms with Crippen LogP contribution in [0.25, 0.3) is 0 Å². The molecule has 0 radical (unpaired) electrons. The van der Waals surface area contributed by atoms with Crippen molar-refractivity contribution in [2.75, 3.05) is 32.8 Å². The quantitative estimate of drug-likeness (QED) is 0.459. The molecule has 1 aromatic heterocycles. The lowest BCUT2D eigenvalue weighted by Crippen LogP contribution is -2.42. The number of rotatable bonds is 8. The number of aryl methyl sites for hydroxylation is 1. The normalized spacial score (nSPS) is 27.4. The van der Waals surface area contributed by atoms with Gasteiger partial charge in [0.05, 0.1) is 23.8 Å². The summed E-state index contributed by atoms with van der Waals surface area (Å²) in [6.07, 6.45) is 7.50. The number of ether oxygens (including phenoxy) is 2. The molecule has 4 rings (SSSR count). The Bertz CT molecular complexity index is 819. The van der Waals surface area contributed by atoms with Gasteiger partial charge in [0.1, 0.15) is 6.61 Å². The average molecular weight is 448 g/mol. The minimum absolute atomic E-state index is 0.0469. The van der Waals surface area contributed by atoms with Crippen molar-refractivity contribution in [1.29, 1.82) is 0 Å². The van der Waals surface area contributed by atoms with E-state index in [1.54, 1.807) is 12.4 Å². The molecule has 2 amide bonds.